The topological polar surface area (TPSA) is 99.3 Å². The van der Waals surface area contributed by atoms with Gasteiger partial charge in [-0.3, -0.25) is 9.69 Å². The lowest BCUT2D eigenvalue weighted by molar-refractivity contribution is 0.0560. The van der Waals surface area contributed by atoms with Gasteiger partial charge >= 0.3 is 6.09 Å². The summed E-state index contributed by atoms with van der Waals surface area (Å²) in [5, 5.41) is 6.56. The molecule has 8 nitrogen and oxygen atoms in total. The minimum absolute atomic E-state index is 0.150. The SMILES string of the molecule is CC(C)(C)OC(=O)N(c1c(Br)cnc2[nH]cc(NC(=O)c3ccc(F)c(Cl)c3)c12)[C@@H]1CCCNC1. The number of aromatic nitrogens is 2. The number of hydrogen-bond donors (Lipinski definition) is 3. The lowest BCUT2D eigenvalue weighted by Crippen LogP contribution is -2.50. The summed E-state index contributed by atoms with van der Waals surface area (Å²) in [6, 6.07) is 3.57. The Hall–Kier alpha value is -2.69. The van der Waals surface area contributed by atoms with Gasteiger partial charge in [0.25, 0.3) is 5.91 Å². The van der Waals surface area contributed by atoms with Crippen molar-refractivity contribution in [1.82, 2.24) is 15.3 Å². The van der Waals surface area contributed by atoms with E-state index in [2.05, 4.69) is 36.5 Å². The van der Waals surface area contributed by atoms with E-state index < -0.39 is 23.4 Å². The molecule has 3 aromatic rings. The van der Waals surface area contributed by atoms with Crippen molar-refractivity contribution in [3.63, 3.8) is 0 Å². The zero-order chi connectivity index (χ0) is 25.3. The molecule has 3 heterocycles. The van der Waals surface area contributed by atoms with Crippen LogP contribution in [-0.4, -0.2) is 46.7 Å². The van der Waals surface area contributed by atoms with Crippen molar-refractivity contribution in [2.45, 2.75) is 45.3 Å². The lowest BCUT2D eigenvalue weighted by atomic mass is 10.0. The molecule has 186 valence electrons. The fourth-order valence-corrected chi connectivity index (χ4v) is 4.68. The maximum atomic E-state index is 13.6. The van der Waals surface area contributed by atoms with Gasteiger partial charge in [0.15, 0.2) is 0 Å². The fourth-order valence-electron chi connectivity index (χ4n) is 4.01. The molecule has 11 heteroatoms. The Morgan fingerprint density at radius 2 is 2.11 bits per heavy atom. The van der Waals surface area contributed by atoms with Gasteiger partial charge in [-0.15, -0.1) is 0 Å². The first kappa shape index (κ1) is 25.4. The first-order valence-electron chi connectivity index (χ1n) is 11.2. The highest BCUT2D eigenvalue weighted by molar-refractivity contribution is 9.10. The number of carbonyl (C=O) groups is 2. The van der Waals surface area contributed by atoms with Crippen molar-refractivity contribution in [2.24, 2.45) is 0 Å². The standard InChI is InChI=1S/C24H26BrClFN5O3/c1-24(2,3)35-23(34)32(14-5-4-8-28-10-14)20-15(25)11-29-21-19(20)18(12-30-21)31-22(33)13-6-7-17(27)16(26)9-13/h6-7,9,11-12,14,28H,4-5,8,10H2,1-3H3,(H,29,30)(H,31,33)/t14-/m1/s1. The Labute approximate surface area is 215 Å². The molecule has 1 atom stereocenters. The van der Waals surface area contributed by atoms with Crippen LogP contribution in [0.15, 0.2) is 35.1 Å². The molecule has 3 N–H and O–H groups in total. The van der Waals surface area contributed by atoms with Crippen molar-refractivity contribution in [3.05, 3.63) is 51.5 Å². The van der Waals surface area contributed by atoms with Gasteiger partial charge in [-0.05, 0) is 74.3 Å². The zero-order valence-electron chi connectivity index (χ0n) is 19.5. The number of rotatable bonds is 4. The van der Waals surface area contributed by atoms with Crippen LogP contribution in [0, 0.1) is 5.82 Å². The second-order valence-corrected chi connectivity index (χ2v) is 10.6. The van der Waals surface area contributed by atoms with Crippen LogP contribution in [0.5, 0.6) is 0 Å². The molecule has 2 aromatic heterocycles. The van der Waals surface area contributed by atoms with Crippen molar-refractivity contribution in [1.29, 1.82) is 0 Å². The van der Waals surface area contributed by atoms with Gasteiger partial charge in [0.1, 0.15) is 17.1 Å². The molecule has 1 saturated heterocycles. The molecule has 35 heavy (non-hydrogen) atoms. The molecule has 0 aliphatic carbocycles. The first-order chi connectivity index (χ1) is 16.5. The summed E-state index contributed by atoms with van der Waals surface area (Å²) < 4.78 is 19.9. The normalized spacial score (nSPS) is 16.2. The van der Waals surface area contributed by atoms with Crippen LogP contribution in [0.2, 0.25) is 5.02 Å². The number of anilines is 2. The average molecular weight is 567 g/mol. The molecular weight excluding hydrogens is 541 g/mol. The lowest BCUT2D eigenvalue weighted by Gasteiger charge is -2.36. The summed E-state index contributed by atoms with van der Waals surface area (Å²) in [4.78, 5) is 35.5. The number of carbonyl (C=O) groups excluding carboxylic acids is 2. The van der Waals surface area contributed by atoms with Gasteiger partial charge in [-0.1, -0.05) is 11.6 Å². The van der Waals surface area contributed by atoms with Crippen LogP contribution in [-0.2, 0) is 4.74 Å². The van der Waals surface area contributed by atoms with Crippen LogP contribution >= 0.6 is 27.5 Å². The van der Waals surface area contributed by atoms with E-state index >= 15 is 0 Å². The number of pyridine rings is 1. The first-order valence-corrected chi connectivity index (χ1v) is 12.4. The number of amides is 2. The van der Waals surface area contributed by atoms with Crippen LogP contribution < -0.4 is 15.5 Å². The number of fused-ring (bicyclic) bond motifs is 1. The molecule has 2 amide bonds. The Bertz CT molecular complexity index is 1270. The van der Waals surface area contributed by atoms with Crippen LogP contribution in [0.1, 0.15) is 44.0 Å². The van der Waals surface area contributed by atoms with E-state index in [0.717, 1.165) is 25.5 Å². The number of ether oxygens (including phenoxy) is 1. The number of hydrogen-bond acceptors (Lipinski definition) is 5. The van der Waals surface area contributed by atoms with Crippen molar-refractivity contribution in [2.75, 3.05) is 23.3 Å². The smallest absolute Gasteiger partial charge is 0.415 e. The number of nitrogens with one attached hydrogen (secondary N) is 3. The van der Waals surface area contributed by atoms with Gasteiger partial charge in [0.2, 0.25) is 0 Å². The van der Waals surface area contributed by atoms with E-state index in [1.54, 1.807) is 17.3 Å². The van der Waals surface area contributed by atoms with Crippen LogP contribution in [0.3, 0.4) is 0 Å². The maximum Gasteiger partial charge on any atom is 0.415 e. The van der Waals surface area contributed by atoms with E-state index in [-0.39, 0.29) is 16.6 Å². The summed E-state index contributed by atoms with van der Waals surface area (Å²) in [5.74, 6) is -1.10. The van der Waals surface area contributed by atoms with Gasteiger partial charge in [0.05, 0.1) is 32.3 Å². The molecule has 1 aromatic carbocycles. The summed E-state index contributed by atoms with van der Waals surface area (Å²) >= 11 is 9.42. The number of H-pyrrole nitrogens is 1. The van der Waals surface area contributed by atoms with E-state index in [1.807, 2.05) is 20.8 Å². The molecular formula is C24H26BrClFN5O3. The average Bonchev–Trinajstić information content (AvgIpc) is 3.19. The summed E-state index contributed by atoms with van der Waals surface area (Å²) in [7, 11) is 0. The van der Waals surface area contributed by atoms with Gasteiger partial charge in [-0.2, -0.15) is 0 Å². The van der Waals surface area contributed by atoms with Crippen LogP contribution in [0.4, 0.5) is 20.6 Å². The number of halogens is 3. The fraction of sp³-hybridized carbons (Fsp3) is 0.375. The highest BCUT2D eigenvalue weighted by atomic mass is 79.9. The van der Waals surface area contributed by atoms with Gasteiger partial charge in [0, 0.05) is 24.5 Å². The number of nitrogens with zero attached hydrogens (tertiary/aromatic N) is 2. The summed E-state index contributed by atoms with van der Waals surface area (Å²) in [6.45, 7) is 6.91. The predicted octanol–water partition coefficient (Wildman–Crippen LogP) is 5.86. The molecule has 0 spiro atoms. The van der Waals surface area contributed by atoms with Crippen LogP contribution in [0.25, 0.3) is 11.0 Å². The maximum absolute atomic E-state index is 13.6. The van der Waals surface area contributed by atoms with Crippen molar-refractivity contribution in [3.8, 4) is 0 Å². The molecule has 1 fully saturated rings. The molecule has 0 bridgehead atoms. The summed E-state index contributed by atoms with van der Waals surface area (Å²) in [6.07, 6.45) is 4.39. The van der Waals surface area contributed by atoms with E-state index in [4.69, 9.17) is 16.3 Å². The molecule has 1 aliphatic heterocycles. The quantitative estimate of drug-likeness (QED) is 0.367. The molecule has 4 rings (SSSR count). The van der Waals surface area contributed by atoms with Gasteiger partial charge in [-0.25, -0.2) is 14.2 Å². The second-order valence-electron chi connectivity index (χ2n) is 9.31. The number of benzene rings is 1. The Balaban J connectivity index is 1.79. The number of aromatic amines is 1. The third kappa shape index (κ3) is 5.60. The Morgan fingerprint density at radius 1 is 1.34 bits per heavy atom. The second kappa shape index (κ2) is 10.1. The minimum atomic E-state index is -0.701. The Morgan fingerprint density at radius 3 is 2.77 bits per heavy atom. The highest BCUT2D eigenvalue weighted by Crippen LogP contribution is 2.40. The molecule has 0 unspecified atom stereocenters. The Kier molecular flexibility index (Phi) is 7.35. The van der Waals surface area contributed by atoms with Gasteiger partial charge < -0.3 is 20.4 Å². The molecule has 1 aliphatic rings. The minimum Gasteiger partial charge on any atom is -0.443 e. The van der Waals surface area contributed by atoms with E-state index in [9.17, 15) is 14.0 Å². The third-order valence-electron chi connectivity index (χ3n) is 5.53. The number of piperidine rings is 1. The zero-order valence-corrected chi connectivity index (χ0v) is 21.9. The third-order valence-corrected chi connectivity index (χ3v) is 6.40. The molecule has 0 radical (unpaired) electrons. The summed E-state index contributed by atoms with van der Waals surface area (Å²) in [5.41, 5.74) is 0.912. The van der Waals surface area contributed by atoms with E-state index in [1.165, 1.54) is 12.1 Å². The predicted molar refractivity (Wildman–Crippen MR) is 138 cm³/mol. The monoisotopic (exact) mass is 565 g/mol. The van der Waals surface area contributed by atoms with E-state index in [0.29, 0.717) is 33.4 Å². The van der Waals surface area contributed by atoms with Crippen molar-refractivity contribution >= 4 is 61.9 Å². The molecule has 0 saturated carbocycles. The largest absolute Gasteiger partial charge is 0.443 e. The highest BCUT2D eigenvalue weighted by Gasteiger charge is 2.34. The van der Waals surface area contributed by atoms with Crippen molar-refractivity contribution < 1.29 is 18.7 Å².